The predicted molar refractivity (Wildman–Crippen MR) is 59.7 cm³/mol. The van der Waals surface area contributed by atoms with Crippen LogP contribution >= 0.6 is 0 Å². The summed E-state index contributed by atoms with van der Waals surface area (Å²) in [5.41, 5.74) is 2.29. The van der Waals surface area contributed by atoms with E-state index in [1.807, 2.05) is 20.0 Å². The van der Waals surface area contributed by atoms with Gasteiger partial charge in [-0.3, -0.25) is 9.48 Å². The zero-order chi connectivity index (χ0) is 11.6. The Morgan fingerprint density at radius 3 is 2.60 bits per heavy atom. The van der Waals surface area contributed by atoms with Crippen molar-refractivity contribution >= 4 is 5.91 Å². The van der Waals surface area contributed by atoms with Gasteiger partial charge in [0.1, 0.15) is 6.04 Å². The minimum Gasteiger partial charge on any atom is -0.347 e. The Morgan fingerprint density at radius 2 is 2.20 bits per heavy atom. The summed E-state index contributed by atoms with van der Waals surface area (Å²) in [4.78, 5) is 13.4. The summed E-state index contributed by atoms with van der Waals surface area (Å²) in [6.07, 6.45) is 2.80. The van der Waals surface area contributed by atoms with Crippen LogP contribution in [0.25, 0.3) is 0 Å². The van der Waals surface area contributed by atoms with Crippen LogP contribution in [-0.4, -0.2) is 34.7 Å². The zero-order valence-corrected chi connectivity index (χ0v) is 10.1. The molecule has 1 rings (SSSR count). The molecule has 0 spiro atoms. The number of carbonyl (C=O) groups excluding carboxylic acids is 1. The van der Waals surface area contributed by atoms with E-state index in [4.69, 9.17) is 0 Å². The molecule has 0 radical (unpaired) electrons. The Hall–Kier alpha value is -1.32. The van der Waals surface area contributed by atoms with Gasteiger partial charge >= 0.3 is 0 Å². The second-order valence-electron chi connectivity index (χ2n) is 3.96. The predicted octanol–water partition coefficient (Wildman–Crippen LogP) is 1.40. The highest BCUT2D eigenvalue weighted by molar-refractivity contribution is 5.79. The van der Waals surface area contributed by atoms with Crippen LogP contribution in [0.1, 0.15) is 31.1 Å². The van der Waals surface area contributed by atoms with Crippen molar-refractivity contribution in [2.24, 2.45) is 0 Å². The van der Waals surface area contributed by atoms with E-state index in [9.17, 15) is 4.79 Å². The Kier molecular flexibility index (Phi) is 3.50. The van der Waals surface area contributed by atoms with E-state index < -0.39 is 0 Å². The molecule has 0 saturated heterocycles. The number of hydrogen-bond acceptors (Lipinski definition) is 2. The van der Waals surface area contributed by atoms with Crippen molar-refractivity contribution in [2.45, 2.75) is 33.2 Å². The summed E-state index contributed by atoms with van der Waals surface area (Å²) in [5, 5.41) is 4.26. The van der Waals surface area contributed by atoms with Gasteiger partial charge in [0.25, 0.3) is 0 Å². The fraction of sp³-hybridized carbons (Fsp3) is 0.636. The first-order valence-electron chi connectivity index (χ1n) is 5.23. The molecule has 1 aromatic heterocycles. The smallest absolute Gasteiger partial charge is 0.246 e. The first-order valence-corrected chi connectivity index (χ1v) is 5.23. The molecule has 0 bridgehead atoms. The third kappa shape index (κ3) is 2.19. The Balaban J connectivity index is 2.96. The van der Waals surface area contributed by atoms with Gasteiger partial charge in [-0.15, -0.1) is 0 Å². The Morgan fingerprint density at radius 1 is 1.60 bits per heavy atom. The number of amides is 1. The van der Waals surface area contributed by atoms with Crippen molar-refractivity contribution in [3.05, 3.63) is 17.5 Å². The van der Waals surface area contributed by atoms with Gasteiger partial charge in [-0.25, -0.2) is 0 Å². The molecule has 1 unspecified atom stereocenters. The highest BCUT2D eigenvalue weighted by Gasteiger charge is 2.19. The normalized spacial score (nSPS) is 12.6. The van der Waals surface area contributed by atoms with Crippen molar-refractivity contribution in [2.75, 3.05) is 14.1 Å². The van der Waals surface area contributed by atoms with Gasteiger partial charge in [-0.2, -0.15) is 5.10 Å². The van der Waals surface area contributed by atoms with Gasteiger partial charge in [0.2, 0.25) is 5.91 Å². The standard InChI is InChI=1S/C11H19N3O/c1-6-10-7-12-14(8(10)2)9(3)11(15)13(4)5/h7,9H,6H2,1-5H3. The van der Waals surface area contributed by atoms with Gasteiger partial charge in [0.05, 0.1) is 6.20 Å². The van der Waals surface area contributed by atoms with Crippen LogP contribution in [0.4, 0.5) is 0 Å². The van der Waals surface area contributed by atoms with Crippen LogP contribution in [0.5, 0.6) is 0 Å². The minimum absolute atomic E-state index is 0.0730. The highest BCUT2D eigenvalue weighted by Crippen LogP contribution is 2.14. The molecule has 1 amide bonds. The molecule has 0 aliphatic carbocycles. The maximum atomic E-state index is 11.8. The van der Waals surface area contributed by atoms with E-state index in [2.05, 4.69) is 12.0 Å². The molecular weight excluding hydrogens is 190 g/mol. The Labute approximate surface area is 90.9 Å². The summed E-state index contributed by atoms with van der Waals surface area (Å²) in [6.45, 7) is 5.97. The van der Waals surface area contributed by atoms with Crippen LogP contribution in [-0.2, 0) is 11.2 Å². The average molecular weight is 209 g/mol. The first-order chi connectivity index (χ1) is 6.99. The molecule has 0 aliphatic heterocycles. The van der Waals surface area contributed by atoms with E-state index in [1.165, 1.54) is 5.56 Å². The second kappa shape index (κ2) is 4.47. The maximum absolute atomic E-state index is 11.8. The molecule has 0 fully saturated rings. The van der Waals surface area contributed by atoms with Crippen molar-refractivity contribution in [1.29, 1.82) is 0 Å². The molecule has 0 aromatic carbocycles. The number of likely N-dealkylation sites (N-methyl/N-ethyl adjacent to an activating group) is 1. The van der Waals surface area contributed by atoms with Gasteiger partial charge in [-0.1, -0.05) is 6.92 Å². The van der Waals surface area contributed by atoms with Gasteiger partial charge in [0, 0.05) is 19.8 Å². The van der Waals surface area contributed by atoms with E-state index in [1.54, 1.807) is 23.7 Å². The van der Waals surface area contributed by atoms with Crippen LogP contribution < -0.4 is 0 Å². The molecule has 0 N–H and O–H groups in total. The van der Waals surface area contributed by atoms with E-state index in [0.29, 0.717) is 0 Å². The zero-order valence-electron chi connectivity index (χ0n) is 10.1. The number of hydrogen-bond donors (Lipinski definition) is 0. The van der Waals surface area contributed by atoms with E-state index >= 15 is 0 Å². The molecule has 15 heavy (non-hydrogen) atoms. The number of aromatic nitrogens is 2. The number of carbonyl (C=O) groups is 1. The van der Waals surface area contributed by atoms with Crippen molar-refractivity contribution in [3.63, 3.8) is 0 Å². The monoisotopic (exact) mass is 209 g/mol. The minimum atomic E-state index is -0.222. The third-order valence-electron chi connectivity index (χ3n) is 2.69. The molecule has 0 saturated carbocycles. The topological polar surface area (TPSA) is 38.1 Å². The van der Waals surface area contributed by atoms with Crippen molar-refractivity contribution < 1.29 is 4.79 Å². The van der Waals surface area contributed by atoms with Crippen LogP contribution in [0.15, 0.2) is 6.20 Å². The molecule has 0 aliphatic rings. The summed E-state index contributed by atoms with van der Waals surface area (Å²) >= 11 is 0. The SMILES string of the molecule is CCc1cnn(C(C)C(=O)N(C)C)c1C. The fourth-order valence-corrected chi connectivity index (χ4v) is 1.67. The van der Waals surface area contributed by atoms with E-state index in [-0.39, 0.29) is 11.9 Å². The summed E-state index contributed by atoms with van der Waals surface area (Å²) in [5.74, 6) is 0.0730. The molecule has 1 heterocycles. The lowest BCUT2D eigenvalue weighted by molar-refractivity contribution is -0.132. The van der Waals surface area contributed by atoms with Crippen LogP contribution in [0.2, 0.25) is 0 Å². The highest BCUT2D eigenvalue weighted by atomic mass is 16.2. The molecule has 1 aromatic rings. The Bertz CT molecular complexity index is 355. The maximum Gasteiger partial charge on any atom is 0.246 e. The quantitative estimate of drug-likeness (QED) is 0.754. The average Bonchev–Trinajstić information content (AvgIpc) is 2.57. The molecule has 1 atom stereocenters. The number of aryl methyl sites for hydroxylation is 1. The number of nitrogens with zero attached hydrogens (tertiary/aromatic N) is 3. The summed E-state index contributed by atoms with van der Waals surface area (Å²) in [6, 6.07) is -0.222. The van der Waals surface area contributed by atoms with Crippen molar-refractivity contribution in [1.82, 2.24) is 14.7 Å². The third-order valence-corrected chi connectivity index (χ3v) is 2.69. The lowest BCUT2D eigenvalue weighted by Crippen LogP contribution is -2.30. The van der Waals surface area contributed by atoms with Gasteiger partial charge in [0.15, 0.2) is 0 Å². The molecular formula is C11H19N3O. The lowest BCUT2D eigenvalue weighted by Gasteiger charge is -2.18. The molecule has 4 nitrogen and oxygen atoms in total. The fourth-order valence-electron chi connectivity index (χ4n) is 1.67. The largest absolute Gasteiger partial charge is 0.347 e. The first kappa shape index (κ1) is 11.8. The van der Waals surface area contributed by atoms with Crippen LogP contribution in [0, 0.1) is 6.92 Å². The lowest BCUT2D eigenvalue weighted by atomic mass is 10.2. The van der Waals surface area contributed by atoms with E-state index in [0.717, 1.165) is 12.1 Å². The van der Waals surface area contributed by atoms with Gasteiger partial charge in [-0.05, 0) is 25.8 Å². The second-order valence-corrected chi connectivity index (χ2v) is 3.96. The van der Waals surface area contributed by atoms with Crippen LogP contribution in [0.3, 0.4) is 0 Å². The summed E-state index contributed by atoms with van der Waals surface area (Å²) < 4.78 is 1.79. The number of rotatable bonds is 3. The van der Waals surface area contributed by atoms with Gasteiger partial charge < -0.3 is 4.90 Å². The summed E-state index contributed by atoms with van der Waals surface area (Å²) in [7, 11) is 3.52. The molecule has 4 heteroatoms. The molecule has 84 valence electrons. The van der Waals surface area contributed by atoms with Crippen molar-refractivity contribution in [3.8, 4) is 0 Å².